The summed E-state index contributed by atoms with van der Waals surface area (Å²) in [6.45, 7) is 0. The molecule has 2 aromatic heterocycles. The number of fused-ring (bicyclic) bond motifs is 3. The highest BCUT2D eigenvalue weighted by Gasteiger charge is 2.12. The molecule has 3 rings (SSSR count). The molecule has 0 radical (unpaired) electrons. The lowest BCUT2D eigenvalue weighted by atomic mass is 10.2. The summed E-state index contributed by atoms with van der Waals surface area (Å²) in [4.78, 5) is 15.1. The summed E-state index contributed by atoms with van der Waals surface area (Å²) in [6, 6.07) is 5.54. The molecule has 0 amide bonds. The van der Waals surface area contributed by atoms with E-state index in [2.05, 4.69) is 4.98 Å². The van der Waals surface area contributed by atoms with Gasteiger partial charge in [0.15, 0.2) is 6.29 Å². The van der Waals surface area contributed by atoms with Gasteiger partial charge >= 0.3 is 0 Å². The summed E-state index contributed by atoms with van der Waals surface area (Å²) < 4.78 is 1.88. The Morgan fingerprint density at radius 1 is 1.38 bits per heavy atom. The van der Waals surface area contributed by atoms with Crippen molar-refractivity contribution in [1.82, 2.24) is 9.38 Å². The summed E-state index contributed by atoms with van der Waals surface area (Å²) in [6.07, 6.45) is 5.98. The number of aromatic nitrogens is 2. The number of halogens is 1. The molecule has 1 aromatic carbocycles. The molecule has 0 unspecified atom stereocenters. The van der Waals surface area contributed by atoms with Gasteiger partial charge in [-0.25, -0.2) is 0 Å². The van der Waals surface area contributed by atoms with E-state index in [9.17, 15) is 4.79 Å². The summed E-state index contributed by atoms with van der Waals surface area (Å²) in [5.74, 6) is 0. The van der Waals surface area contributed by atoms with Crippen LogP contribution in [0.15, 0.2) is 36.8 Å². The number of hydrogen-bond donors (Lipinski definition) is 0. The standard InChI is InChI=1S/C12H7ClN2O/c13-10-3-1-2-8-9(7-16)11-6-14-4-5-15(11)12(8)10/h1-7H. The van der Waals surface area contributed by atoms with Crippen LogP contribution < -0.4 is 0 Å². The van der Waals surface area contributed by atoms with Crippen molar-refractivity contribution in [3.05, 3.63) is 47.4 Å². The van der Waals surface area contributed by atoms with Crippen molar-refractivity contribution in [1.29, 1.82) is 0 Å². The summed E-state index contributed by atoms with van der Waals surface area (Å²) >= 11 is 6.15. The highest BCUT2D eigenvalue weighted by Crippen LogP contribution is 2.29. The first-order valence-electron chi connectivity index (χ1n) is 4.80. The molecular formula is C12H7ClN2O. The molecule has 0 bridgehead atoms. The third kappa shape index (κ3) is 1.09. The van der Waals surface area contributed by atoms with Gasteiger partial charge in [0, 0.05) is 23.3 Å². The van der Waals surface area contributed by atoms with Gasteiger partial charge in [0.1, 0.15) is 0 Å². The van der Waals surface area contributed by atoms with E-state index in [0.29, 0.717) is 10.6 Å². The summed E-state index contributed by atoms with van der Waals surface area (Å²) in [5.41, 5.74) is 2.26. The van der Waals surface area contributed by atoms with Crippen LogP contribution in [-0.4, -0.2) is 15.7 Å². The van der Waals surface area contributed by atoms with Crippen molar-refractivity contribution in [2.75, 3.05) is 0 Å². The van der Waals surface area contributed by atoms with Gasteiger partial charge in [-0.2, -0.15) is 0 Å². The predicted octanol–water partition coefficient (Wildman–Crippen LogP) is 2.95. The van der Waals surface area contributed by atoms with Gasteiger partial charge in [-0.1, -0.05) is 23.7 Å². The number of nitrogens with zero attached hydrogens (tertiary/aromatic N) is 2. The fourth-order valence-corrected chi connectivity index (χ4v) is 2.26. The van der Waals surface area contributed by atoms with E-state index >= 15 is 0 Å². The molecular weight excluding hydrogens is 224 g/mol. The second kappa shape index (κ2) is 3.32. The maximum absolute atomic E-state index is 11.1. The number of para-hydroxylation sites is 1. The predicted molar refractivity (Wildman–Crippen MR) is 63.1 cm³/mol. The van der Waals surface area contributed by atoms with E-state index < -0.39 is 0 Å². The molecule has 0 N–H and O–H groups in total. The van der Waals surface area contributed by atoms with Crippen LogP contribution in [0.5, 0.6) is 0 Å². The first-order valence-corrected chi connectivity index (χ1v) is 5.18. The fraction of sp³-hybridized carbons (Fsp3) is 0. The normalized spacial score (nSPS) is 11.1. The van der Waals surface area contributed by atoms with Crippen LogP contribution in [0.2, 0.25) is 5.02 Å². The number of carbonyl (C=O) groups is 1. The van der Waals surface area contributed by atoms with Crippen LogP contribution in [0.3, 0.4) is 0 Å². The van der Waals surface area contributed by atoms with Crippen LogP contribution in [0, 0.1) is 0 Å². The third-order valence-corrected chi connectivity index (χ3v) is 2.97. The molecule has 4 heteroatoms. The van der Waals surface area contributed by atoms with Crippen LogP contribution >= 0.6 is 11.6 Å². The van der Waals surface area contributed by atoms with E-state index in [0.717, 1.165) is 22.7 Å². The van der Waals surface area contributed by atoms with Crippen molar-refractivity contribution >= 4 is 34.3 Å². The Labute approximate surface area is 96.3 Å². The SMILES string of the molecule is O=Cc1c2cccc(Cl)c2n2ccncc12. The number of rotatable bonds is 1. The van der Waals surface area contributed by atoms with E-state index in [1.165, 1.54) is 0 Å². The number of carbonyl (C=O) groups excluding carboxylic acids is 1. The van der Waals surface area contributed by atoms with Crippen molar-refractivity contribution in [2.45, 2.75) is 0 Å². The highest BCUT2D eigenvalue weighted by atomic mass is 35.5. The van der Waals surface area contributed by atoms with Gasteiger partial charge in [0.25, 0.3) is 0 Å². The van der Waals surface area contributed by atoms with Crippen molar-refractivity contribution in [2.24, 2.45) is 0 Å². The van der Waals surface area contributed by atoms with Gasteiger partial charge in [-0.05, 0) is 6.07 Å². The minimum atomic E-state index is 0.630. The van der Waals surface area contributed by atoms with Gasteiger partial charge < -0.3 is 4.40 Å². The van der Waals surface area contributed by atoms with Gasteiger partial charge in [0.05, 0.1) is 22.3 Å². The molecule has 0 spiro atoms. The summed E-state index contributed by atoms with van der Waals surface area (Å²) in [7, 11) is 0. The largest absolute Gasteiger partial charge is 0.311 e. The monoisotopic (exact) mass is 230 g/mol. The minimum absolute atomic E-state index is 0.630. The van der Waals surface area contributed by atoms with Crippen molar-refractivity contribution in [3.8, 4) is 0 Å². The Balaban J connectivity index is 2.70. The molecule has 0 atom stereocenters. The average Bonchev–Trinajstić information content (AvgIpc) is 2.64. The Kier molecular flexibility index (Phi) is 1.94. The molecule has 0 saturated carbocycles. The van der Waals surface area contributed by atoms with Crippen LogP contribution in [0.4, 0.5) is 0 Å². The smallest absolute Gasteiger partial charge is 0.152 e. The Hall–Kier alpha value is -1.87. The molecule has 0 fully saturated rings. The molecule has 3 aromatic rings. The minimum Gasteiger partial charge on any atom is -0.311 e. The Morgan fingerprint density at radius 3 is 3.06 bits per heavy atom. The molecule has 2 heterocycles. The van der Waals surface area contributed by atoms with Crippen LogP contribution in [0.1, 0.15) is 10.4 Å². The highest BCUT2D eigenvalue weighted by molar-refractivity contribution is 6.36. The first kappa shape index (κ1) is 9.36. The molecule has 3 nitrogen and oxygen atoms in total. The molecule has 78 valence electrons. The lowest BCUT2D eigenvalue weighted by molar-refractivity contribution is 0.112. The average molecular weight is 231 g/mol. The van der Waals surface area contributed by atoms with E-state index in [1.54, 1.807) is 18.6 Å². The number of hydrogen-bond acceptors (Lipinski definition) is 2. The van der Waals surface area contributed by atoms with E-state index in [-0.39, 0.29) is 0 Å². The lowest BCUT2D eigenvalue weighted by Crippen LogP contribution is -1.85. The fourth-order valence-electron chi connectivity index (χ4n) is 1.99. The summed E-state index contributed by atoms with van der Waals surface area (Å²) in [5, 5.41) is 1.49. The lowest BCUT2D eigenvalue weighted by Gasteiger charge is -1.97. The topological polar surface area (TPSA) is 34.4 Å². The molecule has 0 aliphatic rings. The molecule has 0 aliphatic carbocycles. The second-order valence-electron chi connectivity index (χ2n) is 3.50. The van der Waals surface area contributed by atoms with E-state index in [4.69, 9.17) is 11.6 Å². The van der Waals surface area contributed by atoms with E-state index in [1.807, 2.05) is 22.6 Å². The second-order valence-corrected chi connectivity index (χ2v) is 3.91. The molecule has 0 aliphatic heterocycles. The molecule has 0 saturated heterocycles. The van der Waals surface area contributed by atoms with Gasteiger partial charge in [0.2, 0.25) is 0 Å². The third-order valence-electron chi connectivity index (χ3n) is 2.67. The molecule has 16 heavy (non-hydrogen) atoms. The van der Waals surface area contributed by atoms with Gasteiger partial charge in [-0.15, -0.1) is 0 Å². The van der Waals surface area contributed by atoms with Crippen molar-refractivity contribution in [3.63, 3.8) is 0 Å². The maximum Gasteiger partial charge on any atom is 0.152 e. The zero-order valence-electron chi connectivity index (χ0n) is 8.22. The maximum atomic E-state index is 11.1. The first-order chi connectivity index (χ1) is 7.83. The van der Waals surface area contributed by atoms with Gasteiger partial charge in [-0.3, -0.25) is 9.78 Å². The Morgan fingerprint density at radius 2 is 2.25 bits per heavy atom. The van der Waals surface area contributed by atoms with Crippen molar-refractivity contribution < 1.29 is 4.79 Å². The zero-order chi connectivity index (χ0) is 11.1. The zero-order valence-corrected chi connectivity index (χ0v) is 8.98. The van der Waals surface area contributed by atoms with Crippen LogP contribution in [-0.2, 0) is 0 Å². The number of benzene rings is 1. The quantitative estimate of drug-likeness (QED) is 0.603. The Bertz CT molecular complexity index is 703. The van der Waals surface area contributed by atoms with Crippen LogP contribution in [0.25, 0.3) is 16.4 Å². The number of aldehydes is 1.